The normalized spacial score (nSPS) is 11.4. The second-order valence-electron chi connectivity index (χ2n) is 6.89. The summed E-state index contributed by atoms with van der Waals surface area (Å²) in [5.41, 5.74) is 5.72. The minimum atomic E-state index is 0.357. The van der Waals surface area contributed by atoms with E-state index >= 15 is 0 Å². The van der Waals surface area contributed by atoms with Crippen LogP contribution in [-0.2, 0) is 0 Å². The number of rotatable bonds is 6. The summed E-state index contributed by atoms with van der Waals surface area (Å²) in [5.74, 6) is 0. The van der Waals surface area contributed by atoms with Gasteiger partial charge in [0.15, 0.2) is 0 Å². The number of aromatic nitrogens is 1. The summed E-state index contributed by atoms with van der Waals surface area (Å²) < 4.78 is 0. The molecule has 0 N–H and O–H groups in total. The van der Waals surface area contributed by atoms with Gasteiger partial charge in [-0.25, -0.2) is 0 Å². The van der Waals surface area contributed by atoms with E-state index in [1.54, 1.807) is 13.0 Å². The van der Waals surface area contributed by atoms with E-state index in [0.717, 1.165) is 16.7 Å². The number of hydrogen-bond donors (Lipinski definition) is 0. The van der Waals surface area contributed by atoms with Crippen LogP contribution in [0.15, 0.2) is 73.0 Å². The van der Waals surface area contributed by atoms with Crippen molar-refractivity contribution in [3.63, 3.8) is 0 Å². The highest BCUT2D eigenvalue weighted by Gasteiger charge is 2.20. The van der Waals surface area contributed by atoms with Crippen LogP contribution in [0.3, 0.4) is 0 Å². The van der Waals surface area contributed by atoms with Gasteiger partial charge < -0.3 is 4.90 Å². The topological polar surface area (TPSA) is 63.7 Å². The molecule has 0 radical (unpaired) electrons. The minimum absolute atomic E-state index is 0.357. The molecular weight excluding hydrogens is 356 g/mol. The second kappa shape index (κ2) is 9.35. The highest BCUT2D eigenvalue weighted by Crippen LogP contribution is 2.34. The molecule has 4 nitrogen and oxygen atoms in total. The molecule has 1 aromatic heterocycles. The van der Waals surface area contributed by atoms with Gasteiger partial charge in [0.25, 0.3) is 0 Å². The summed E-state index contributed by atoms with van der Waals surface area (Å²) in [7, 11) is 3.87. The molecule has 4 heteroatoms. The number of nitriles is 2. The standard InChI is InChI=1S/C25H24N4/c1-7-19(13-21(17(2)3)16-29(5)6)25-23(15-27)24(20-11-9-8-10-12-20)22(14-26)18(4)28-25/h7-13,16H,1-2H2,3-6H3/b19-13+,21-16-. The molecule has 0 aliphatic heterocycles. The van der Waals surface area contributed by atoms with Crippen LogP contribution in [0.25, 0.3) is 16.7 Å². The van der Waals surface area contributed by atoms with Gasteiger partial charge in [-0.15, -0.1) is 0 Å². The number of nitrogens with zero attached hydrogens (tertiary/aromatic N) is 4. The average Bonchev–Trinajstić information content (AvgIpc) is 2.70. The van der Waals surface area contributed by atoms with Crippen LogP contribution in [0, 0.1) is 29.6 Å². The Hall–Kier alpha value is -3.89. The van der Waals surface area contributed by atoms with Crippen molar-refractivity contribution in [2.45, 2.75) is 13.8 Å². The highest BCUT2D eigenvalue weighted by atomic mass is 15.0. The molecule has 0 bridgehead atoms. The number of pyridine rings is 1. The Morgan fingerprint density at radius 1 is 1.10 bits per heavy atom. The maximum absolute atomic E-state index is 10.0. The van der Waals surface area contributed by atoms with Gasteiger partial charge >= 0.3 is 0 Å². The van der Waals surface area contributed by atoms with E-state index in [1.165, 1.54) is 0 Å². The zero-order chi connectivity index (χ0) is 21.6. The van der Waals surface area contributed by atoms with Gasteiger partial charge in [0, 0.05) is 31.4 Å². The van der Waals surface area contributed by atoms with Crippen molar-refractivity contribution in [1.82, 2.24) is 9.88 Å². The van der Waals surface area contributed by atoms with Crippen LogP contribution in [0.4, 0.5) is 0 Å². The molecule has 144 valence electrons. The summed E-state index contributed by atoms with van der Waals surface area (Å²) in [6, 6.07) is 13.9. The largest absolute Gasteiger partial charge is 0.383 e. The Balaban J connectivity index is 2.89. The molecule has 0 saturated heterocycles. The molecule has 0 aliphatic rings. The second-order valence-corrected chi connectivity index (χ2v) is 6.89. The van der Waals surface area contributed by atoms with Crippen molar-refractivity contribution in [1.29, 1.82) is 10.5 Å². The van der Waals surface area contributed by atoms with E-state index in [0.29, 0.717) is 33.7 Å². The summed E-state index contributed by atoms with van der Waals surface area (Å²) in [6.45, 7) is 11.7. The third-order valence-corrected chi connectivity index (χ3v) is 4.36. The van der Waals surface area contributed by atoms with Crippen molar-refractivity contribution in [3.8, 4) is 23.3 Å². The van der Waals surface area contributed by atoms with Gasteiger partial charge in [-0.3, -0.25) is 4.98 Å². The molecule has 0 saturated carbocycles. The first-order chi connectivity index (χ1) is 13.8. The summed E-state index contributed by atoms with van der Waals surface area (Å²) in [5, 5.41) is 19.7. The third-order valence-electron chi connectivity index (χ3n) is 4.36. The molecule has 1 heterocycles. The Labute approximate surface area is 173 Å². The first-order valence-corrected chi connectivity index (χ1v) is 9.12. The predicted octanol–water partition coefficient (Wildman–Crippen LogP) is 5.39. The number of hydrogen-bond acceptors (Lipinski definition) is 4. The lowest BCUT2D eigenvalue weighted by atomic mass is 9.90. The van der Waals surface area contributed by atoms with E-state index in [1.807, 2.05) is 68.5 Å². The Bertz CT molecular complexity index is 1090. The molecule has 0 amide bonds. The maximum atomic E-state index is 10.0. The molecule has 0 aliphatic carbocycles. The van der Waals surface area contributed by atoms with E-state index in [-0.39, 0.29) is 0 Å². The average molecular weight is 380 g/mol. The van der Waals surface area contributed by atoms with Gasteiger partial charge in [-0.05, 0) is 36.6 Å². The molecule has 29 heavy (non-hydrogen) atoms. The lowest BCUT2D eigenvalue weighted by Gasteiger charge is -2.15. The Kier molecular flexibility index (Phi) is 6.90. The first kappa shape index (κ1) is 21.4. The van der Waals surface area contributed by atoms with Crippen molar-refractivity contribution in [3.05, 3.63) is 95.5 Å². The number of benzene rings is 1. The number of aryl methyl sites for hydroxylation is 1. The summed E-state index contributed by atoms with van der Waals surface area (Å²) in [4.78, 5) is 6.54. The molecule has 0 atom stereocenters. The van der Waals surface area contributed by atoms with Crippen LogP contribution in [-0.4, -0.2) is 24.0 Å². The zero-order valence-corrected chi connectivity index (χ0v) is 17.3. The SMILES string of the molecule is C=C/C(=C\C(=C\N(C)C)C(=C)C)c1nc(C)c(C#N)c(-c2ccccc2)c1C#N. The smallest absolute Gasteiger partial charge is 0.102 e. The lowest BCUT2D eigenvalue weighted by molar-refractivity contribution is 0.560. The van der Waals surface area contributed by atoms with Crippen LogP contribution in [0.1, 0.15) is 29.4 Å². The quantitative estimate of drug-likeness (QED) is 0.630. The van der Waals surface area contributed by atoms with Crippen molar-refractivity contribution >= 4 is 5.57 Å². The Morgan fingerprint density at radius 3 is 2.21 bits per heavy atom. The Morgan fingerprint density at radius 2 is 1.72 bits per heavy atom. The molecule has 0 unspecified atom stereocenters. The van der Waals surface area contributed by atoms with Gasteiger partial charge in [0.05, 0.1) is 22.5 Å². The number of allylic oxidation sites excluding steroid dienone is 5. The van der Waals surface area contributed by atoms with Crippen molar-refractivity contribution in [2.24, 2.45) is 0 Å². The molecule has 2 aromatic rings. The van der Waals surface area contributed by atoms with Gasteiger partial charge in [0.1, 0.15) is 12.1 Å². The lowest BCUT2D eigenvalue weighted by Crippen LogP contribution is -2.05. The van der Waals surface area contributed by atoms with Gasteiger partial charge in [-0.1, -0.05) is 49.6 Å². The van der Waals surface area contributed by atoms with Crippen molar-refractivity contribution in [2.75, 3.05) is 14.1 Å². The molecule has 0 spiro atoms. The fourth-order valence-corrected chi connectivity index (χ4v) is 2.99. The zero-order valence-electron chi connectivity index (χ0n) is 17.3. The van der Waals surface area contributed by atoms with Crippen molar-refractivity contribution < 1.29 is 0 Å². The molecule has 2 rings (SSSR count). The van der Waals surface area contributed by atoms with E-state index in [4.69, 9.17) is 0 Å². The fraction of sp³-hybridized carbons (Fsp3) is 0.160. The van der Waals surface area contributed by atoms with Crippen LogP contribution >= 0.6 is 0 Å². The maximum Gasteiger partial charge on any atom is 0.102 e. The van der Waals surface area contributed by atoms with E-state index in [9.17, 15) is 10.5 Å². The van der Waals surface area contributed by atoms with Crippen LogP contribution in [0.5, 0.6) is 0 Å². The predicted molar refractivity (Wildman–Crippen MR) is 119 cm³/mol. The molecule has 0 fully saturated rings. The van der Waals surface area contributed by atoms with Crippen LogP contribution in [0.2, 0.25) is 0 Å². The van der Waals surface area contributed by atoms with Gasteiger partial charge in [0.2, 0.25) is 0 Å². The minimum Gasteiger partial charge on any atom is -0.383 e. The fourth-order valence-electron chi connectivity index (χ4n) is 2.99. The first-order valence-electron chi connectivity index (χ1n) is 9.12. The summed E-state index contributed by atoms with van der Waals surface area (Å²) >= 11 is 0. The van der Waals surface area contributed by atoms with E-state index < -0.39 is 0 Å². The van der Waals surface area contributed by atoms with Crippen LogP contribution < -0.4 is 0 Å². The van der Waals surface area contributed by atoms with E-state index in [2.05, 4.69) is 30.3 Å². The highest BCUT2D eigenvalue weighted by molar-refractivity contribution is 5.86. The molecular formula is C25H24N4. The van der Waals surface area contributed by atoms with Gasteiger partial charge in [-0.2, -0.15) is 10.5 Å². The molecule has 1 aromatic carbocycles. The third kappa shape index (κ3) is 4.69. The summed E-state index contributed by atoms with van der Waals surface area (Å²) in [6.07, 6.45) is 5.54. The monoisotopic (exact) mass is 380 g/mol.